The van der Waals surface area contributed by atoms with Gasteiger partial charge in [0.2, 0.25) is 0 Å². The fourth-order valence-electron chi connectivity index (χ4n) is 0.879. The number of hydrogen-bond donors (Lipinski definition) is 0. The van der Waals surface area contributed by atoms with Crippen molar-refractivity contribution in [3.05, 3.63) is 22.6 Å². The first kappa shape index (κ1) is 7.06. The monoisotopic (exact) mass is 138 g/mol. The maximum Gasteiger partial charge on any atom is 0.185 e. The number of aldehydes is 1. The summed E-state index contributed by atoms with van der Waals surface area (Å²) in [6.45, 7) is 5.69. The summed E-state index contributed by atoms with van der Waals surface area (Å²) in [5, 5.41) is 0. The second-order valence-corrected chi connectivity index (χ2v) is 2.39. The van der Waals surface area contributed by atoms with Crippen molar-refractivity contribution in [2.24, 2.45) is 0 Å². The SMILES string of the molecule is Cc1oc(C=O)c(C)c1C. The molecule has 2 heteroatoms. The summed E-state index contributed by atoms with van der Waals surface area (Å²) in [4.78, 5) is 10.3. The molecule has 0 bridgehead atoms. The van der Waals surface area contributed by atoms with Crippen LogP contribution in [-0.2, 0) is 0 Å². The molecule has 0 aliphatic rings. The maximum atomic E-state index is 10.3. The highest BCUT2D eigenvalue weighted by molar-refractivity contribution is 5.73. The van der Waals surface area contributed by atoms with Crippen LogP contribution in [0, 0.1) is 20.8 Å². The summed E-state index contributed by atoms with van der Waals surface area (Å²) in [5.41, 5.74) is 2.02. The summed E-state index contributed by atoms with van der Waals surface area (Å²) >= 11 is 0. The quantitative estimate of drug-likeness (QED) is 0.556. The van der Waals surface area contributed by atoms with Gasteiger partial charge < -0.3 is 4.42 Å². The minimum Gasteiger partial charge on any atom is -0.458 e. The fourth-order valence-corrected chi connectivity index (χ4v) is 0.879. The minimum absolute atomic E-state index is 0.454. The van der Waals surface area contributed by atoms with E-state index in [9.17, 15) is 4.79 Å². The molecule has 1 aromatic rings. The van der Waals surface area contributed by atoms with Gasteiger partial charge in [-0.1, -0.05) is 0 Å². The molecule has 0 fully saturated rings. The molecule has 0 aromatic carbocycles. The number of aryl methyl sites for hydroxylation is 1. The third kappa shape index (κ3) is 0.856. The van der Waals surface area contributed by atoms with Crippen molar-refractivity contribution < 1.29 is 9.21 Å². The first-order valence-corrected chi connectivity index (χ1v) is 3.18. The molecular weight excluding hydrogens is 128 g/mol. The van der Waals surface area contributed by atoms with Crippen molar-refractivity contribution in [3.63, 3.8) is 0 Å². The first-order chi connectivity index (χ1) is 4.66. The van der Waals surface area contributed by atoms with Gasteiger partial charge in [0.15, 0.2) is 12.0 Å². The molecule has 0 unspecified atom stereocenters. The molecule has 0 atom stereocenters. The molecule has 0 aliphatic carbocycles. The Morgan fingerprint density at radius 1 is 1.20 bits per heavy atom. The van der Waals surface area contributed by atoms with Gasteiger partial charge in [0.1, 0.15) is 5.76 Å². The molecule has 0 aliphatic heterocycles. The van der Waals surface area contributed by atoms with Crippen LogP contribution in [0.5, 0.6) is 0 Å². The number of carbonyl (C=O) groups excluding carboxylic acids is 1. The zero-order valence-electron chi connectivity index (χ0n) is 6.39. The van der Waals surface area contributed by atoms with E-state index < -0.39 is 0 Å². The number of rotatable bonds is 1. The maximum absolute atomic E-state index is 10.3. The molecule has 0 saturated heterocycles. The van der Waals surface area contributed by atoms with E-state index in [1.807, 2.05) is 20.8 Å². The van der Waals surface area contributed by atoms with Gasteiger partial charge in [-0.3, -0.25) is 4.79 Å². The Balaban J connectivity index is 3.30. The molecule has 1 aromatic heterocycles. The second-order valence-electron chi connectivity index (χ2n) is 2.39. The van der Waals surface area contributed by atoms with E-state index in [1.54, 1.807) is 0 Å². The lowest BCUT2D eigenvalue weighted by atomic mass is 10.2. The Morgan fingerprint density at radius 3 is 2.00 bits per heavy atom. The van der Waals surface area contributed by atoms with E-state index >= 15 is 0 Å². The van der Waals surface area contributed by atoms with Gasteiger partial charge in [-0.25, -0.2) is 0 Å². The molecule has 0 saturated carbocycles. The normalized spacial score (nSPS) is 9.90. The van der Waals surface area contributed by atoms with Crippen LogP contribution in [0.4, 0.5) is 0 Å². The van der Waals surface area contributed by atoms with Crippen molar-refractivity contribution in [3.8, 4) is 0 Å². The average molecular weight is 138 g/mol. The molecule has 0 amide bonds. The summed E-state index contributed by atoms with van der Waals surface area (Å²) in [7, 11) is 0. The van der Waals surface area contributed by atoms with E-state index in [0.29, 0.717) is 5.76 Å². The molecule has 2 nitrogen and oxygen atoms in total. The van der Waals surface area contributed by atoms with Crippen LogP contribution in [0.2, 0.25) is 0 Å². The van der Waals surface area contributed by atoms with E-state index in [2.05, 4.69) is 0 Å². The van der Waals surface area contributed by atoms with Crippen LogP contribution in [0.3, 0.4) is 0 Å². The zero-order valence-corrected chi connectivity index (χ0v) is 6.39. The third-order valence-electron chi connectivity index (χ3n) is 1.83. The van der Waals surface area contributed by atoms with E-state index in [0.717, 1.165) is 23.2 Å². The highest BCUT2D eigenvalue weighted by Gasteiger charge is 2.07. The van der Waals surface area contributed by atoms with Gasteiger partial charge in [0.25, 0.3) is 0 Å². The second kappa shape index (κ2) is 2.29. The molecule has 0 N–H and O–H groups in total. The molecule has 54 valence electrons. The van der Waals surface area contributed by atoms with Crippen molar-refractivity contribution >= 4 is 6.29 Å². The van der Waals surface area contributed by atoms with Gasteiger partial charge >= 0.3 is 0 Å². The fraction of sp³-hybridized carbons (Fsp3) is 0.375. The van der Waals surface area contributed by atoms with Crippen LogP contribution in [0.15, 0.2) is 4.42 Å². The summed E-state index contributed by atoms with van der Waals surface area (Å²) in [6, 6.07) is 0. The van der Waals surface area contributed by atoms with Crippen molar-refractivity contribution in [2.45, 2.75) is 20.8 Å². The van der Waals surface area contributed by atoms with Crippen LogP contribution in [0.25, 0.3) is 0 Å². The summed E-state index contributed by atoms with van der Waals surface area (Å²) in [5.74, 6) is 1.29. The predicted molar refractivity (Wildman–Crippen MR) is 38.3 cm³/mol. The Morgan fingerprint density at radius 2 is 1.80 bits per heavy atom. The van der Waals surface area contributed by atoms with Gasteiger partial charge in [0.05, 0.1) is 0 Å². The van der Waals surface area contributed by atoms with E-state index in [-0.39, 0.29) is 0 Å². The molecule has 10 heavy (non-hydrogen) atoms. The molecule has 1 heterocycles. The van der Waals surface area contributed by atoms with Crippen LogP contribution < -0.4 is 0 Å². The van der Waals surface area contributed by atoms with Gasteiger partial charge in [0, 0.05) is 5.56 Å². The summed E-state index contributed by atoms with van der Waals surface area (Å²) in [6.07, 6.45) is 0.745. The highest BCUT2D eigenvalue weighted by Crippen LogP contribution is 2.17. The first-order valence-electron chi connectivity index (χ1n) is 3.18. The lowest BCUT2D eigenvalue weighted by Gasteiger charge is -1.84. The Bertz CT molecular complexity index is 258. The van der Waals surface area contributed by atoms with Gasteiger partial charge in [-0.15, -0.1) is 0 Å². The average Bonchev–Trinajstić information content (AvgIpc) is 2.17. The number of carbonyl (C=O) groups is 1. The van der Waals surface area contributed by atoms with Crippen molar-refractivity contribution in [1.29, 1.82) is 0 Å². The van der Waals surface area contributed by atoms with Crippen LogP contribution in [-0.4, -0.2) is 6.29 Å². The molecular formula is C8H10O2. The van der Waals surface area contributed by atoms with Crippen molar-refractivity contribution in [2.75, 3.05) is 0 Å². The smallest absolute Gasteiger partial charge is 0.185 e. The molecule has 0 spiro atoms. The number of hydrogen-bond acceptors (Lipinski definition) is 2. The number of furan rings is 1. The van der Waals surface area contributed by atoms with Gasteiger partial charge in [-0.2, -0.15) is 0 Å². The lowest BCUT2D eigenvalue weighted by Crippen LogP contribution is -1.78. The predicted octanol–water partition coefficient (Wildman–Crippen LogP) is 2.02. The minimum atomic E-state index is 0.454. The standard InChI is InChI=1S/C8H10O2/c1-5-6(2)8(4-9)10-7(5)3/h4H,1-3H3. The summed E-state index contributed by atoms with van der Waals surface area (Å²) < 4.78 is 5.13. The van der Waals surface area contributed by atoms with E-state index in [4.69, 9.17) is 4.42 Å². The van der Waals surface area contributed by atoms with E-state index in [1.165, 1.54) is 0 Å². The van der Waals surface area contributed by atoms with Crippen LogP contribution in [0.1, 0.15) is 27.4 Å². The highest BCUT2D eigenvalue weighted by atomic mass is 16.3. The topological polar surface area (TPSA) is 30.2 Å². The van der Waals surface area contributed by atoms with Crippen LogP contribution >= 0.6 is 0 Å². The van der Waals surface area contributed by atoms with Gasteiger partial charge in [-0.05, 0) is 26.3 Å². The lowest BCUT2D eigenvalue weighted by molar-refractivity contribution is 0.109. The van der Waals surface area contributed by atoms with Crippen molar-refractivity contribution in [1.82, 2.24) is 0 Å². The zero-order chi connectivity index (χ0) is 7.72. The Labute approximate surface area is 59.8 Å². The Kier molecular flexibility index (Phi) is 1.62. The molecule has 0 radical (unpaired) electrons. The Hall–Kier alpha value is -1.05. The largest absolute Gasteiger partial charge is 0.458 e. The third-order valence-corrected chi connectivity index (χ3v) is 1.83. The molecule has 1 rings (SSSR count).